The second-order valence-corrected chi connectivity index (χ2v) is 7.19. The van der Waals surface area contributed by atoms with Crippen LogP contribution in [0.15, 0.2) is 18.2 Å². The Balaban J connectivity index is 2.18. The molecule has 2 rings (SSSR count). The maximum absolute atomic E-state index is 12.3. The molecular weight excluding hydrogens is 262 g/mol. The minimum absolute atomic E-state index is 0.0179. The van der Waals surface area contributed by atoms with Gasteiger partial charge in [-0.2, -0.15) is 5.26 Å². The Bertz CT molecular complexity index is 596. The third-order valence-electron chi connectivity index (χ3n) is 3.42. The topological polar surface area (TPSA) is 67.2 Å². The van der Waals surface area contributed by atoms with E-state index >= 15 is 0 Å². The molecule has 1 heterocycles. The quantitative estimate of drug-likeness (QED) is 0.848. The van der Waals surface area contributed by atoms with Gasteiger partial charge < -0.3 is 4.74 Å². The van der Waals surface area contributed by atoms with Gasteiger partial charge in [0.05, 0.1) is 29.2 Å². The summed E-state index contributed by atoms with van der Waals surface area (Å²) >= 11 is 0. The van der Waals surface area contributed by atoms with Crippen molar-refractivity contribution in [2.24, 2.45) is 0 Å². The smallest absolute Gasteiger partial charge is 0.159 e. The molecule has 102 valence electrons. The second kappa shape index (κ2) is 5.72. The van der Waals surface area contributed by atoms with Gasteiger partial charge in [-0.1, -0.05) is 12.1 Å². The molecule has 4 nitrogen and oxygen atoms in total. The van der Waals surface area contributed by atoms with Crippen molar-refractivity contribution >= 4 is 9.84 Å². The molecule has 0 amide bonds. The number of aryl methyl sites for hydroxylation is 1. The van der Waals surface area contributed by atoms with Crippen LogP contribution < -0.4 is 0 Å². The lowest BCUT2D eigenvalue weighted by atomic mass is 10.1. The summed E-state index contributed by atoms with van der Waals surface area (Å²) in [6.45, 7) is 2.78. The number of rotatable bonds is 3. The van der Waals surface area contributed by atoms with Crippen molar-refractivity contribution in [1.29, 1.82) is 5.26 Å². The molecule has 0 saturated carbocycles. The average molecular weight is 279 g/mol. The maximum Gasteiger partial charge on any atom is 0.159 e. The first-order chi connectivity index (χ1) is 9.03. The van der Waals surface area contributed by atoms with E-state index in [-0.39, 0.29) is 5.75 Å². The largest absolute Gasteiger partial charge is 0.380 e. The molecule has 1 aromatic carbocycles. The third-order valence-corrected chi connectivity index (χ3v) is 5.54. The van der Waals surface area contributed by atoms with E-state index in [1.54, 1.807) is 18.2 Å². The van der Waals surface area contributed by atoms with Crippen LogP contribution in [-0.4, -0.2) is 26.9 Å². The van der Waals surface area contributed by atoms with Crippen LogP contribution in [0.5, 0.6) is 0 Å². The molecule has 1 atom stereocenters. The van der Waals surface area contributed by atoms with Crippen LogP contribution in [-0.2, 0) is 20.3 Å². The minimum atomic E-state index is -3.21. The van der Waals surface area contributed by atoms with Crippen molar-refractivity contribution in [3.8, 4) is 6.07 Å². The molecule has 1 saturated heterocycles. The van der Waals surface area contributed by atoms with E-state index in [0.717, 1.165) is 12.0 Å². The van der Waals surface area contributed by atoms with Gasteiger partial charge in [0.15, 0.2) is 9.84 Å². The summed E-state index contributed by atoms with van der Waals surface area (Å²) < 4.78 is 29.8. The van der Waals surface area contributed by atoms with Crippen LogP contribution in [0.3, 0.4) is 0 Å². The van der Waals surface area contributed by atoms with Crippen molar-refractivity contribution in [1.82, 2.24) is 0 Å². The summed E-state index contributed by atoms with van der Waals surface area (Å²) in [5.41, 5.74) is 2.07. The van der Waals surface area contributed by atoms with Crippen LogP contribution in [0.1, 0.15) is 29.5 Å². The Kier molecular flexibility index (Phi) is 4.23. The molecule has 1 aliphatic heterocycles. The summed E-state index contributed by atoms with van der Waals surface area (Å²) in [6, 6.07) is 7.31. The first kappa shape index (κ1) is 14.0. The zero-order valence-corrected chi connectivity index (χ0v) is 11.7. The lowest BCUT2D eigenvalue weighted by Crippen LogP contribution is -2.31. The molecule has 0 aromatic heterocycles. The lowest BCUT2D eigenvalue weighted by molar-refractivity contribution is 0.0991. The van der Waals surface area contributed by atoms with Crippen LogP contribution in [0.2, 0.25) is 0 Å². The molecule has 19 heavy (non-hydrogen) atoms. The van der Waals surface area contributed by atoms with Gasteiger partial charge in [0.1, 0.15) is 0 Å². The lowest BCUT2D eigenvalue weighted by Gasteiger charge is -2.22. The fourth-order valence-corrected chi connectivity index (χ4v) is 3.93. The van der Waals surface area contributed by atoms with Gasteiger partial charge in [0.25, 0.3) is 0 Å². The monoisotopic (exact) mass is 279 g/mol. The van der Waals surface area contributed by atoms with Crippen LogP contribution in [0, 0.1) is 18.3 Å². The number of benzene rings is 1. The normalized spacial score (nSPS) is 19.9. The Morgan fingerprint density at radius 2 is 2.26 bits per heavy atom. The van der Waals surface area contributed by atoms with E-state index in [0.29, 0.717) is 30.8 Å². The number of hydrogen-bond acceptors (Lipinski definition) is 4. The fourth-order valence-electron chi connectivity index (χ4n) is 2.22. The van der Waals surface area contributed by atoms with Crippen LogP contribution in [0.25, 0.3) is 0 Å². The number of sulfone groups is 1. The van der Waals surface area contributed by atoms with Crippen molar-refractivity contribution < 1.29 is 13.2 Å². The summed E-state index contributed by atoms with van der Waals surface area (Å²) in [5.74, 6) is -0.0179. The molecule has 5 heteroatoms. The van der Waals surface area contributed by atoms with Gasteiger partial charge in [0, 0.05) is 6.61 Å². The van der Waals surface area contributed by atoms with Crippen LogP contribution in [0.4, 0.5) is 0 Å². The predicted octanol–water partition coefficient (Wildman–Crippen LogP) is 1.96. The Morgan fingerprint density at radius 1 is 1.47 bits per heavy atom. The number of nitrogens with zero attached hydrogens (tertiary/aromatic N) is 1. The molecule has 0 spiro atoms. The van der Waals surface area contributed by atoms with Gasteiger partial charge in [-0.05, 0) is 37.0 Å². The minimum Gasteiger partial charge on any atom is -0.380 e. The van der Waals surface area contributed by atoms with E-state index < -0.39 is 15.1 Å². The first-order valence-corrected chi connectivity index (χ1v) is 8.03. The summed E-state index contributed by atoms with van der Waals surface area (Å²) in [7, 11) is -3.21. The zero-order valence-electron chi connectivity index (χ0n) is 10.9. The molecule has 0 bridgehead atoms. The average Bonchev–Trinajstić information content (AvgIpc) is 2.42. The molecule has 0 N–H and O–H groups in total. The van der Waals surface area contributed by atoms with Crippen molar-refractivity contribution in [3.63, 3.8) is 0 Å². The van der Waals surface area contributed by atoms with E-state index in [1.165, 1.54) is 0 Å². The molecular formula is C14H17NO3S. The first-order valence-electron chi connectivity index (χ1n) is 6.32. The number of ether oxygens (including phenoxy) is 1. The highest BCUT2D eigenvalue weighted by atomic mass is 32.2. The zero-order chi connectivity index (χ0) is 13.9. The number of hydrogen-bond donors (Lipinski definition) is 0. The SMILES string of the molecule is Cc1ccc(CS(=O)(=O)C2CCCOC2)cc1C#N. The molecule has 1 aromatic rings. The van der Waals surface area contributed by atoms with Gasteiger partial charge in [-0.3, -0.25) is 0 Å². The molecule has 0 aliphatic carbocycles. The van der Waals surface area contributed by atoms with E-state index in [9.17, 15) is 8.42 Å². The van der Waals surface area contributed by atoms with Gasteiger partial charge in [0.2, 0.25) is 0 Å². The molecule has 1 aliphatic rings. The maximum atomic E-state index is 12.3. The van der Waals surface area contributed by atoms with E-state index in [4.69, 9.17) is 10.00 Å². The second-order valence-electron chi connectivity index (χ2n) is 4.91. The molecule has 1 fully saturated rings. The summed E-state index contributed by atoms with van der Waals surface area (Å²) in [4.78, 5) is 0. The van der Waals surface area contributed by atoms with E-state index in [1.807, 2.05) is 6.92 Å². The highest BCUT2D eigenvalue weighted by Crippen LogP contribution is 2.20. The van der Waals surface area contributed by atoms with E-state index in [2.05, 4.69) is 6.07 Å². The fraction of sp³-hybridized carbons (Fsp3) is 0.500. The number of nitriles is 1. The standard InChI is InChI=1S/C14H17NO3S/c1-11-4-5-12(7-13(11)8-15)10-19(16,17)14-3-2-6-18-9-14/h4-5,7,14H,2-3,6,9-10H2,1H3. The van der Waals surface area contributed by atoms with Gasteiger partial charge in [-0.25, -0.2) is 8.42 Å². The Morgan fingerprint density at radius 3 is 2.89 bits per heavy atom. The highest BCUT2D eigenvalue weighted by molar-refractivity contribution is 7.91. The predicted molar refractivity (Wildman–Crippen MR) is 72.4 cm³/mol. The Labute approximate surface area is 113 Å². The molecule has 1 unspecified atom stereocenters. The summed E-state index contributed by atoms with van der Waals surface area (Å²) in [6.07, 6.45) is 1.46. The Hall–Kier alpha value is -1.38. The van der Waals surface area contributed by atoms with Crippen molar-refractivity contribution in [2.45, 2.75) is 30.8 Å². The van der Waals surface area contributed by atoms with Gasteiger partial charge in [-0.15, -0.1) is 0 Å². The van der Waals surface area contributed by atoms with Crippen LogP contribution >= 0.6 is 0 Å². The van der Waals surface area contributed by atoms with Crippen molar-refractivity contribution in [2.75, 3.05) is 13.2 Å². The molecule has 0 radical (unpaired) electrons. The van der Waals surface area contributed by atoms with Gasteiger partial charge >= 0.3 is 0 Å². The third kappa shape index (κ3) is 3.34. The summed E-state index contributed by atoms with van der Waals surface area (Å²) in [5, 5.41) is 8.56. The van der Waals surface area contributed by atoms with Crippen molar-refractivity contribution in [3.05, 3.63) is 34.9 Å². The highest BCUT2D eigenvalue weighted by Gasteiger charge is 2.28.